The summed E-state index contributed by atoms with van der Waals surface area (Å²) in [6.07, 6.45) is 10.1. The molecule has 0 atom stereocenters. The van der Waals surface area contributed by atoms with Gasteiger partial charge in [-0.05, 0) is 0 Å². The number of aromatic nitrogens is 1. The van der Waals surface area contributed by atoms with E-state index in [1.807, 2.05) is 6.20 Å². The summed E-state index contributed by atoms with van der Waals surface area (Å²) in [5.74, 6) is 0. The van der Waals surface area contributed by atoms with Crippen molar-refractivity contribution in [2.24, 2.45) is 0 Å². The fraction of sp³-hybridized carbons (Fsp3) is 0.706. The molecule has 1 nitrogen and oxygen atoms in total. The summed E-state index contributed by atoms with van der Waals surface area (Å²) in [4.78, 5) is 4.54. The third kappa shape index (κ3) is 5.32. The molecule has 0 fully saturated rings. The van der Waals surface area contributed by atoms with E-state index < -0.39 is 18.4 Å². The summed E-state index contributed by atoms with van der Waals surface area (Å²) < 4.78 is 7.33. The first-order chi connectivity index (χ1) is 9.70. The van der Waals surface area contributed by atoms with E-state index in [2.05, 4.69) is 53.8 Å². The summed E-state index contributed by atoms with van der Waals surface area (Å²) in [6.45, 7) is 6.98. The van der Waals surface area contributed by atoms with Gasteiger partial charge in [0.1, 0.15) is 0 Å². The Labute approximate surface area is 138 Å². The van der Waals surface area contributed by atoms with Crippen molar-refractivity contribution in [1.29, 1.82) is 0 Å². The van der Waals surface area contributed by atoms with E-state index in [-0.39, 0.29) is 0 Å². The van der Waals surface area contributed by atoms with E-state index in [9.17, 15) is 0 Å². The number of hydrogen-bond acceptors (Lipinski definition) is 1. The molecular weight excluding hydrogens is 417 g/mol. The SMILES string of the molecule is CCC[CH2][Sn]([CH2]CCC)([CH2]CCC)[c]1cccnc1Br. The van der Waals surface area contributed by atoms with Crippen molar-refractivity contribution in [3.8, 4) is 0 Å². The average molecular weight is 447 g/mol. The third-order valence-electron chi connectivity index (χ3n) is 4.36. The molecule has 0 bridgehead atoms. The van der Waals surface area contributed by atoms with E-state index in [1.54, 1.807) is 3.58 Å². The first-order valence-electron chi connectivity index (χ1n) is 8.31. The summed E-state index contributed by atoms with van der Waals surface area (Å²) in [7, 11) is 0. The number of pyridine rings is 1. The molecule has 0 aliphatic heterocycles. The van der Waals surface area contributed by atoms with E-state index >= 15 is 0 Å². The number of rotatable bonds is 10. The average Bonchev–Trinajstić information content (AvgIpc) is 2.48. The van der Waals surface area contributed by atoms with Crippen LogP contribution in [0.1, 0.15) is 59.3 Å². The Balaban J connectivity index is 3.08. The minimum absolute atomic E-state index is 1.15. The molecule has 0 unspecified atom stereocenters. The van der Waals surface area contributed by atoms with Gasteiger partial charge in [-0.15, -0.1) is 0 Å². The monoisotopic (exact) mass is 447 g/mol. The Bertz CT molecular complexity index is 359. The van der Waals surface area contributed by atoms with Crippen LogP contribution in [0.2, 0.25) is 13.3 Å². The van der Waals surface area contributed by atoms with Gasteiger partial charge in [0.15, 0.2) is 0 Å². The number of unbranched alkanes of at least 4 members (excludes halogenated alkanes) is 3. The van der Waals surface area contributed by atoms with E-state index in [0.717, 1.165) is 4.60 Å². The van der Waals surface area contributed by atoms with Gasteiger partial charge in [-0.1, -0.05) is 0 Å². The molecule has 0 N–H and O–H groups in total. The summed E-state index contributed by atoms with van der Waals surface area (Å²) >= 11 is 1.48. The van der Waals surface area contributed by atoms with Crippen LogP contribution < -0.4 is 3.58 Å². The van der Waals surface area contributed by atoms with Crippen molar-refractivity contribution < 1.29 is 0 Å². The standard InChI is InChI=1S/C5H3BrN.3C4H9.Sn/c6-5-3-1-2-4-7-5;3*1-3-4-2;/h1-2,4H;3*1,3-4H2,2H3;. The minimum atomic E-state index is -2.27. The van der Waals surface area contributed by atoms with Crippen LogP contribution in [0, 0.1) is 0 Å². The molecule has 0 saturated carbocycles. The Morgan fingerprint density at radius 1 is 0.950 bits per heavy atom. The van der Waals surface area contributed by atoms with Crippen LogP contribution in [0.4, 0.5) is 0 Å². The van der Waals surface area contributed by atoms with Crippen LogP contribution >= 0.6 is 15.9 Å². The van der Waals surface area contributed by atoms with Crippen molar-refractivity contribution in [1.82, 2.24) is 4.98 Å². The first-order valence-corrected chi connectivity index (χ1v) is 16.6. The van der Waals surface area contributed by atoms with Gasteiger partial charge in [-0.25, -0.2) is 0 Å². The first kappa shape index (κ1) is 18.5. The van der Waals surface area contributed by atoms with Gasteiger partial charge in [0.05, 0.1) is 0 Å². The molecule has 0 spiro atoms. The molecule has 0 aromatic carbocycles. The molecule has 20 heavy (non-hydrogen) atoms. The third-order valence-corrected chi connectivity index (χ3v) is 21.7. The van der Waals surface area contributed by atoms with Crippen LogP contribution in [-0.4, -0.2) is 23.4 Å². The maximum atomic E-state index is 4.54. The molecule has 1 aromatic heterocycles. The Hall–Kier alpha value is 0.429. The second-order valence-electron chi connectivity index (χ2n) is 5.93. The quantitative estimate of drug-likeness (QED) is 0.322. The zero-order valence-electron chi connectivity index (χ0n) is 13.4. The number of hydrogen-bond donors (Lipinski definition) is 0. The fourth-order valence-electron chi connectivity index (χ4n) is 3.11. The van der Waals surface area contributed by atoms with Gasteiger partial charge in [0.2, 0.25) is 0 Å². The fourth-order valence-corrected chi connectivity index (χ4v) is 22.2. The van der Waals surface area contributed by atoms with E-state index in [1.165, 1.54) is 51.8 Å². The van der Waals surface area contributed by atoms with Gasteiger partial charge in [-0.3, -0.25) is 0 Å². The second kappa shape index (κ2) is 10.2. The van der Waals surface area contributed by atoms with Crippen LogP contribution in [0.5, 0.6) is 0 Å². The van der Waals surface area contributed by atoms with Gasteiger partial charge in [0.25, 0.3) is 0 Å². The zero-order valence-corrected chi connectivity index (χ0v) is 17.9. The molecule has 1 rings (SSSR count). The van der Waals surface area contributed by atoms with Gasteiger partial charge in [0, 0.05) is 0 Å². The van der Waals surface area contributed by atoms with Crippen molar-refractivity contribution in [3.05, 3.63) is 22.9 Å². The molecule has 0 amide bonds. The molecule has 1 heterocycles. The van der Waals surface area contributed by atoms with Crippen molar-refractivity contribution in [3.63, 3.8) is 0 Å². The number of halogens is 1. The molecule has 1 aromatic rings. The topological polar surface area (TPSA) is 12.9 Å². The molecular formula is C17H30BrNSn. The Morgan fingerprint density at radius 2 is 1.45 bits per heavy atom. The normalized spacial score (nSPS) is 11.8. The van der Waals surface area contributed by atoms with Crippen LogP contribution in [0.25, 0.3) is 0 Å². The van der Waals surface area contributed by atoms with Crippen molar-refractivity contribution in [2.75, 3.05) is 0 Å². The summed E-state index contributed by atoms with van der Waals surface area (Å²) in [6, 6.07) is 4.53. The van der Waals surface area contributed by atoms with Crippen molar-refractivity contribution >= 4 is 37.9 Å². The zero-order chi connectivity index (χ0) is 14.8. The van der Waals surface area contributed by atoms with E-state index in [0.29, 0.717) is 0 Å². The van der Waals surface area contributed by atoms with Crippen LogP contribution in [0.3, 0.4) is 0 Å². The van der Waals surface area contributed by atoms with Crippen LogP contribution in [0.15, 0.2) is 22.9 Å². The predicted molar refractivity (Wildman–Crippen MR) is 96.5 cm³/mol. The number of nitrogens with zero attached hydrogens (tertiary/aromatic N) is 1. The van der Waals surface area contributed by atoms with Gasteiger partial charge >= 0.3 is 138 Å². The maximum absolute atomic E-state index is 4.54. The molecule has 3 heteroatoms. The predicted octanol–water partition coefficient (Wildman–Crippen LogP) is 5.90. The summed E-state index contributed by atoms with van der Waals surface area (Å²) in [5.41, 5.74) is 0. The second-order valence-corrected chi connectivity index (χ2v) is 19.8. The van der Waals surface area contributed by atoms with E-state index in [4.69, 9.17) is 0 Å². The summed E-state index contributed by atoms with van der Waals surface area (Å²) in [5, 5.41) is 0. The molecule has 0 aliphatic carbocycles. The molecule has 0 aliphatic rings. The van der Waals surface area contributed by atoms with Crippen LogP contribution in [-0.2, 0) is 0 Å². The Kier molecular flexibility index (Phi) is 9.43. The molecule has 0 saturated heterocycles. The molecule has 0 radical (unpaired) electrons. The van der Waals surface area contributed by atoms with Gasteiger partial charge < -0.3 is 0 Å². The molecule has 114 valence electrons. The Morgan fingerprint density at radius 3 is 1.85 bits per heavy atom. The van der Waals surface area contributed by atoms with Gasteiger partial charge in [-0.2, -0.15) is 0 Å². The van der Waals surface area contributed by atoms with Crippen molar-refractivity contribution in [2.45, 2.75) is 72.6 Å².